The Kier molecular flexibility index (Phi) is 5.48. The van der Waals surface area contributed by atoms with Crippen LogP contribution in [0.3, 0.4) is 0 Å². The number of aliphatic hydroxyl groups excluding tert-OH is 3. The fraction of sp³-hybridized carbons (Fsp3) is 0.667. The standard InChI is InChI=1S/C18H28O4/c1-18(2,3)8-7-13(19)11-22-17-6-4-5-12-9-15(20)16(21)10-14(12)17/h4-6,13,15-16,19-21H,7-11H2,1-3H3/t13?,15-,16+/m1/s1. The van der Waals surface area contributed by atoms with Gasteiger partial charge in [-0.25, -0.2) is 0 Å². The van der Waals surface area contributed by atoms with Gasteiger partial charge < -0.3 is 20.1 Å². The largest absolute Gasteiger partial charge is 0.491 e. The van der Waals surface area contributed by atoms with Crippen molar-refractivity contribution in [2.24, 2.45) is 5.41 Å². The number of hydrogen-bond donors (Lipinski definition) is 3. The Bertz CT molecular complexity index is 492. The summed E-state index contributed by atoms with van der Waals surface area (Å²) < 4.78 is 5.77. The van der Waals surface area contributed by atoms with Crippen molar-refractivity contribution in [1.82, 2.24) is 0 Å². The number of benzene rings is 1. The summed E-state index contributed by atoms with van der Waals surface area (Å²) in [5, 5.41) is 29.7. The van der Waals surface area contributed by atoms with Crippen LogP contribution >= 0.6 is 0 Å². The van der Waals surface area contributed by atoms with Crippen LogP contribution in [0.15, 0.2) is 18.2 Å². The average molecular weight is 308 g/mol. The molecule has 0 bridgehead atoms. The van der Waals surface area contributed by atoms with E-state index in [1.54, 1.807) is 0 Å². The molecule has 124 valence electrons. The number of aliphatic hydroxyl groups is 3. The van der Waals surface area contributed by atoms with Crippen LogP contribution in [0.25, 0.3) is 0 Å². The fourth-order valence-electron chi connectivity index (χ4n) is 2.74. The van der Waals surface area contributed by atoms with E-state index in [-0.39, 0.29) is 12.0 Å². The number of fused-ring (bicyclic) bond motifs is 1. The Balaban J connectivity index is 1.95. The van der Waals surface area contributed by atoms with Crippen molar-refractivity contribution in [1.29, 1.82) is 0 Å². The summed E-state index contributed by atoms with van der Waals surface area (Å²) in [6, 6.07) is 5.70. The molecule has 3 atom stereocenters. The third kappa shape index (κ3) is 4.70. The SMILES string of the molecule is CC(C)(C)CCC(O)COc1cccc2c1C[C@H](O)[C@H](O)C2. The Morgan fingerprint density at radius 3 is 2.55 bits per heavy atom. The van der Waals surface area contributed by atoms with E-state index >= 15 is 0 Å². The van der Waals surface area contributed by atoms with Crippen molar-refractivity contribution in [2.45, 2.75) is 64.8 Å². The van der Waals surface area contributed by atoms with Gasteiger partial charge in [-0.05, 0) is 29.9 Å². The summed E-state index contributed by atoms with van der Waals surface area (Å²) in [6.07, 6.45) is 0.539. The van der Waals surface area contributed by atoms with Crippen LogP contribution in [-0.4, -0.2) is 40.2 Å². The van der Waals surface area contributed by atoms with Gasteiger partial charge >= 0.3 is 0 Å². The predicted octanol–water partition coefficient (Wildman–Crippen LogP) is 2.07. The van der Waals surface area contributed by atoms with Gasteiger partial charge in [0.2, 0.25) is 0 Å². The zero-order valence-electron chi connectivity index (χ0n) is 13.7. The monoisotopic (exact) mass is 308 g/mol. The van der Waals surface area contributed by atoms with Gasteiger partial charge in [-0.15, -0.1) is 0 Å². The van der Waals surface area contributed by atoms with Gasteiger partial charge in [0.05, 0.1) is 18.3 Å². The maximum atomic E-state index is 10.1. The van der Waals surface area contributed by atoms with Gasteiger partial charge in [0, 0.05) is 18.4 Å². The quantitative estimate of drug-likeness (QED) is 0.779. The smallest absolute Gasteiger partial charge is 0.122 e. The summed E-state index contributed by atoms with van der Waals surface area (Å²) in [4.78, 5) is 0. The van der Waals surface area contributed by atoms with Crippen molar-refractivity contribution in [3.05, 3.63) is 29.3 Å². The first-order valence-electron chi connectivity index (χ1n) is 8.04. The topological polar surface area (TPSA) is 69.9 Å². The molecule has 4 nitrogen and oxygen atoms in total. The van der Waals surface area contributed by atoms with Gasteiger partial charge in [0.15, 0.2) is 0 Å². The molecule has 0 radical (unpaired) electrons. The first kappa shape index (κ1) is 17.3. The second-order valence-electron chi connectivity index (χ2n) is 7.50. The predicted molar refractivity (Wildman–Crippen MR) is 86.1 cm³/mol. The zero-order valence-corrected chi connectivity index (χ0v) is 13.7. The maximum Gasteiger partial charge on any atom is 0.122 e. The molecule has 3 N–H and O–H groups in total. The third-order valence-electron chi connectivity index (χ3n) is 4.18. The van der Waals surface area contributed by atoms with Crippen LogP contribution in [0.4, 0.5) is 0 Å². The molecule has 0 spiro atoms. The van der Waals surface area contributed by atoms with Crippen molar-refractivity contribution in [3.8, 4) is 5.75 Å². The van der Waals surface area contributed by atoms with Crippen LogP contribution in [0, 0.1) is 5.41 Å². The highest BCUT2D eigenvalue weighted by molar-refractivity contribution is 5.43. The molecule has 4 heteroatoms. The summed E-state index contributed by atoms with van der Waals surface area (Å²) in [5.41, 5.74) is 2.16. The molecule has 22 heavy (non-hydrogen) atoms. The molecule has 2 rings (SSSR count). The van der Waals surface area contributed by atoms with Crippen molar-refractivity contribution in [3.63, 3.8) is 0 Å². The second-order valence-corrected chi connectivity index (χ2v) is 7.50. The van der Waals surface area contributed by atoms with E-state index < -0.39 is 18.3 Å². The van der Waals surface area contributed by atoms with Gasteiger partial charge in [0.25, 0.3) is 0 Å². The van der Waals surface area contributed by atoms with Crippen molar-refractivity contribution >= 4 is 0 Å². The average Bonchev–Trinajstić information content (AvgIpc) is 2.43. The number of ether oxygens (including phenoxy) is 1. The summed E-state index contributed by atoms with van der Waals surface area (Å²) in [7, 11) is 0. The first-order valence-corrected chi connectivity index (χ1v) is 8.04. The molecular weight excluding hydrogens is 280 g/mol. The zero-order chi connectivity index (χ0) is 16.3. The third-order valence-corrected chi connectivity index (χ3v) is 4.18. The second kappa shape index (κ2) is 6.99. The highest BCUT2D eigenvalue weighted by Crippen LogP contribution is 2.30. The van der Waals surface area contributed by atoms with E-state index in [0.717, 1.165) is 17.5 Å². The molecular formula is C18H28O4. The number of rotatable bonds is 5. The lowest BCUT2D eigenvalue weighted by atomic mass is 9.87. The van der Waals surface area contributed by atoms with Gasteiger partial charge in [0.1, 0.15) is 12.4 Å². The Morgan fingerprint density at radius 1 is 1.18 bits per heavy atom. The number of hydrogen-bond acceptors (Lipinski definition) is 4. The minimum absolute atomic E-state index is 0.202. The molecule has 1 aliphatic carbocycles. The van der Waals surface area contributed by atoms with E-state index in [9.17, 15) is 15.3 Å². The van der Waals surface area contributed by atoms with E-state index in [2.05, 4.69) is 20.8 Å². The molecule has 1 aromatic rings. The normalized spacial score (nSPS) is 23.0. The van der Waals surface area contributed by atoms with Gasteiger partial charge in [-0.3, -0.25) is 0 Å². The molecule has 0 amide bonds. The molecule has 0 heterocycles. The highest BCUT2D eigenvalue weighted by Gasteiger charge is 2.27. The first-order chi connectivity index (χ1) is 10.3. The van der Waals surface area contributed by atoms with Gasteiger partial charge in [-0.1, -0.05) is 32.9 Å². The lowest BCUT2D eigenvalue weighted by Gasteiger charge is -2.28. The molecule has 0 saturated carbocycles. The Hall–Kier alpha value is -1.10. The summed E-state index contributed by atoms with van der Waals surface area (Å²) in [5.74, 6) is 0.707. The molecule has 1 aromatic carbocycles. The van der Waals surface area contributed by atoms with Crippen LogP contribution in [0.5, 0.6) is 5.75 Å². The molecule has 0 fully saturated rings. The van der Waals surface area contributed by atoms with E-state index in [0.29, 0.717) is 25.0 Å². The molecule has 1 aliphatic rings. The van der Waals surface area contributed by atoms with Crippen LogP contribution in [0.2, 0.25) is 0 Å². The fourth-order valence-corrected chi connectivity index (χ4v) is 2.74. The minimum Gasteiger partial charge on any atom is -0.491 e. The van der Waals surface area contributed by atoms with Crippen molar-refractivity contribution in [2.75, 3.05) is 6.61 Å². The summed E-state index contributed by atoms with van der Waals surface area (Å²) >= 11 is 0. The van der Waals surface area contributed by atoms with Crippen LogP contribution in [0.1, 0.15) is 44.7 Å². The van der Waals surface area contributed by atoms with E-state index in [4.69, 9.17) is 4.74 Å². The molecule has 0 aliphatic heterocycles. The van der Waals surface area contributed by atoms with Crippen LogP contribution in [-0.2, 0) is 12.8 Å². The lowest BCUT2D eigenvalue weighted by molar-refractivity contribution is 0.0131. The lowest BCUT2D eigenvalue weighted by Crippen LogP contribution is -2.35. The van der Waals surface area contributed by atoms with E-state index in [1.165, 1.54) is 0 Å². The van der Waals surface area contributed by atoms with Gasteiger partial charge in [-0.2, -0.15) is 0 Å². The molecule has 0 saturated heterocycles. The Morgan fingerprint density at radius 2 is 1.86 bits per heavy atom. The minimum atomic E-state index is -0.747. The highest BCUT2D eigenvalue weighted by atomic mass is 16.5. The van der Waals surface area contributed by atoms with E-state index in [1.807, 2.05) is 18.2 Å². The summed E-state index contributed by atoms with van der Waals surface area (Å²) in [6.45, 7) is 6.72. The maximum absolute atomic E-state index is 10.1. The van der Waals surface area contributed by atoms with Crippen LogP contribution < -0.4 is 4.74 Å². The Labute approximate surface area is 132 Å². The van der Waals surface area contributed by atoms with Crippen molar-refractivity contribution < 1.29 is 20.1 Å². The molecule has 0 aromatic heterocycles. The molecule has 1 unspecified atom stereocenters.